The van der Waals surface area contributed by atoms with Crippen LogP contribution in [0.5, 0.6) is 0 Å². The first-order chi connectivity index (χ1) is 8.20. The second-order valence-corrected chi connectivity index (χ2v) is 4.56. The predicted molar refractivity (Wildman–Crippen MR) is 65.1 cm³/mol. The van der Waals surface area contributed by atoms with E-state index in [1.807, 2.05) is 0 Å². The van der Waals surface area contributed by atoms with Crippen LogP contribution in [0, 0.1) is 0 Å². The van der Waals surface area contributed by atoms with Crippen molar-refractivity contribution >= 4 is 17.6 Å². The van der Waals surface area contributed by atoms with Gasteiger partial charge in [0.25, 0.3) is 0 Å². The van der Waals surface area contributed by atoms with Crippen molar-refractivity contribution in [2.24, 2.45) is 0 Å². The Labute approximate surface area is 106 Å². The van der Waals surface area contributed by atoms with Gasteiger partial charge in [0.05, 0.1) is 12.1 Å². The summed E-state index contributed by atoms with van der Waals surface area (Å²) < 4.78 is 4.59. The molecule has 0 amide bonds. The normalized spacial score (nSPS) is 16.1. The molecule has 0 spiro atoms. The quantitative estimate of drug-likeness (QED) is 0.775. The summed E-state index contributed by atoms with van der Waals surface area (Å²) in [7, 11) is 1.32. The third-order valence-corrected chi connectivity index (χ3v) is 3.17. The average molecular weight is 255 g/mol. The van der Waals surface area contributed by atoms with Gasteiger partial charge in [-0.15, -0.1) is 0 Å². The molecule has 17 heavy (non-hydrogen) atoms. The van der Waals surface area contributed by atoms with Crippen molar-refractivity contribution < 1.29 is 9.53 Å². The largest absolute Gasteiger partial charge is 0.464 e. The van der Waals surface area contributed by atoms with E-state index in [1.54, 1.807) is 12.3 Å². The van der Waals surface area contributed by atoms with Crippen LogP contribution >= 0.6 is 11.6 Å². The van der Waals surface area contributed by atoms with E-state index in [1.165, 1.54) is 20.0 Å². The van der Waals surface area contributed by atoms with Gasteiger partial charge in [-0.05, 0) is 37.6 Å². The molecule has 0 saturated carbocycles. The molecule has 2 heterocycles. The zero-order valence-electron chi connectivity index (χ0n) is 9.78. The molecule has 0 atom stereocenters. The van der Waals surface area contributed by atoms with Crippen molar-refractivity contribution in [3.63, 3.8) is 0 Å². The Bertz CT molecular complexity index is 417. The lowest BCUT2D eigenvalue weighted by molar-refractivity contribution is 0.0594. The number of aromatic nitrogens is 1. The van der Waals surface area contributed by atoms with E-state index < -0.39 is 5.97 Å². The second-order valence-electron chi connectivity index (χ2n) is 4.15. The SMILES string of the molecule is COC(=O)c1ncc(CN2CCCC2)cc1Cl. The lowest BCUT2D eigenvalue weighted by atomic mass is 10.2. The van der Waals surface area contributed by atoms with Gasteiger partial charge in [0.15, 0.2) is 5.69 Å². The first-order valence-corrected chi connectivity index (χ1v) is 6.03. The van der Waals surface area contributed by atoms with Gasteiger partial charge in [-0.25, -0.2) is 9.78 Å². The molecule has 0 N–H and O–H groups in total. The molecule has 1 aliphatic heterocycles. The number of halogens is 1. The maximum Gasteiger partial charge on any atom is 0.358 e. The van der Waals surface area contributed by atoms with Crippen LogP contribution in [0.2, 0.25) is 5.02 Å². The van der Waals surface area contributed by atoms with E-state index in [2.05, 4.69) is 14.6 Å². The summed E-state index contributed by atoms with van der Waals surface area (Å²) in [6.07, 6.45) is 4.19. The summed E-state index contributed by atoms with van der Waals surface area (Å²) in [6, 6.07) is 1.79. The van der Waals surface area contributed by atoms with Gasteiger partial charge in [-0.3, -0.25) is 4.90 Å². The highest BCUT2D eigenvalue weighted by Gasteiger charge is 2.15. The van der Waals surface area contributed by atoms with Crippen LogP contribution in [0.1, 0.15) is 28.9 Å². The van der Waals surface area contributed by atoms with Crippen LogP contribution in [0.4, 0.5) is 0 Å². The smallest absolute Gasteiger partial charge is 0.358 e. The first-order valence-electron chi connectivity index (χ1n) is 5.66. The molecule has 0 bridgehead atoms. The van der Waals surface area contributed by atoms with Crippen LogP contribution in [-0.2, 0) is 11.3 Å². The lowest BCUT2D eigenvalue weighted by Gasteiger charge is -2.14. The molecule has 1 aromatic heterocycles. The summed E-state index contributed by atoms with van der Waals surface area (Å²) in [4.78, 5) is 17.7. The van der Waals surface area contributed by atoms with Gasteiger partial charge in [0.1, 0.15) is 0 Å². The molecule has 92 valence electrons. The van der Waals surface area contributed by atoms with Crippen molar-refractivity contribution in [1.82, 2.24) is 9.88 Å². The van der Waals surface area contributed by atoms with E-state index >= 15 is 0 Å². The van der Waals surface area contributed by atoms with Crippen LogP contribution in [-0.4, -0.2) is 36.1 Å². The monoisotopic (exact) mass is 254 g/mol. The van der Waals surface area contributed by atoms with Crippen LogP contribution < -0.4 is 0 Å². The third-order valence-electron chi connectivity index (χ3n) is 2.88. The number of methoxy groups -OCH3 is 1. The minimum Gasteiger partial charge on any atom is -0.464 e. The van der Waals surface area contributed by atoms with Crippen molar-refractivity contribution in [3.05, 3.63) is 28.5 Å². The first kappa shape index (κ1) is 12.3. The zero-order valence-corrected chi connectivity index (χ0v) is 10.5. The highest BCUT2D eigenvalue weighted by atomic mass is 35.5. The topological polar surface area (TPSA) is 42.4 Å². The summed E-state index contributed by atoms with van der Waals surface area (Å²) in [5.41, 5.74) is 1.21. The number of ether oxygens (including phenoxy) is 1. The Morgan fingerprint density at radius 3 is 2.82 bits per heavy atom. The fourth-order valence-corrected chi connectivity index (χ4v) is 2.28. The highest BCUT2D eigenvalue weighted by Crippen LogP contribution is 2.18. The molecule has 1 aliphatic rings. The van der Waals surface area contributed by atoms with E-state index in [9.17, 15) is 4.79 Å². The standard InChI is InChI=1S/C12H15ClN2O2/c1-17-12(16)11-10(13)6-9(7-14-11)8-15-4-2-3-5-15/h6-7H,2-5,8H2,1H3. The minimum absolute atomic E-state index is 0.180. The molecule has 0 unspecified atom stereocenters. The third kappa shape index (κ3) is 2.96. The van der Waals surface area contributed by atoms with Gasteiger partial charge in [-0.1, -0.05) is 11.6 Å². The minimum atomic E-state index is -0.497. The summed E-state index contributed by atoms with van der Waals surface area (Å²) in [5.74, 6) is -0.497. The molecular weight excluding hydrogens is 240 g/mol. The van der Waals surface area contributed by atoms with Crippen LogP contribution in [0.15, 0.2) is 12.3 Å². The molecule has 1 fully saturated rings. The molecule has 1 saturated heterocycles. The average Bonchev–Trinajstić information content (AvgIpc) is 2.81. The van der Waals surface area contributed by atoms with Gasteiger partial charge < -0.3 is 4.74 Å². The molecule has 5 heteroatoms. The number of likely N-dealkylation sites (tertiary alicyclic amines) is 1. The van der Waals surface area contributed by atoms with Crippen LogP contribution in [0.25, 0.3) is 0 Å². The Morgan fingerprint density at radius 1 is 1.53 bits per heavy atom. The van der Waals surface area contributed by atoms with E-state index in [-0.39, 0.29) is 5.69 Å². The molecule has 2 rings (SSSR count). The molecule has 1 aromatic rings. The molecular formula is C12H15ClN2O2. The maximum atomic E-state index is 11.3. The second kappa shape index (κ2) is 5.47. The van der Waals surface area contributed by atoms with Crippen LogP contribution in [0.3, 0.4) is 0 Å². The predicted octanol–water partition coefficient (Wildman–Crippen LogP) is 2.12. The number of esters is 1. The highest BCUT2D eigenvalue weighted by molar-refractivity contribution is 6.33. The van der Waals surface area contributed by atoms with Crippen molar-refractivity contribution in [2.75, 3.05) is 20.2 Å². The molecule has 0 aliphatic carbocycles. The van der Waals surface area contributed by atoms with Crippen molar-refractivity contribution in [1.29, 1.82) is 0 Å². The number of pyridine rings is 1. The van der Waals surface area contributed by atoms with Gasteiger partial charge >= 0.3 is 5.97 Å². The van der Waals surface area contributed by atoms with Gasteiger partial charge in [-0.2, -0.15) is 0 Å². The lowest BCUT2D eigenvalue weighted by Crippen LogP contribution is -2.18. The van der Waals surface area contributed by atoms with E-state index in [4.69, 9.17) is 11.6 Å². The zero-order chi connectivity index (χ0) is 12.3. The Morgan fingerprint density at radius 2 is 2.24 bits per heavy atom. The number of carbonyl (C=O) groups is 1. The van der Waals surface area contributed by atoms with E-state index in [0.717, 1.165) is 25.2 Å². The fraction of sp³-hybridized carbons (Fsp3) is 0.500. The number of hydrogen-bond donors (Lipinski definition) is 0. The summed E-state index contributed by atoms with van der Waals surface area (Å²) in [6.45, 7) is 3.08. The Kier molecular flexibility index (Phi) is 3.97. The number of nitrogens with zero attached hydrogens (tertiary/aromatic N) is 2. The van der Waals surface area contributed by atoms with Gasteiger partial charge in [0.2, 0.25) is 0 Å². The molecule has 0 radical (unpaired) electrons. The van der Waals surface area contributed by atoms with Crippen molar-refractivity contribution in [3.8, 4) is 0 Å². The summed E-state index contributed by atoms with van der Waals surface area (Å²) in [5, 5.41) is 0.355. The Balaban J connectivity index is 2.10. The number of rotatable bonds is 3. The van der Waals surface area contributed by atoms with Gasteiger partial charge in [0, 0.05) is 12.7 Å². The summed E-state index contributed by atoms with van der Waals surface area (Å²) >= 11 is 6.01. The molecule has 4 nitrogen and oxygen atoms in total. The van der Waals surface area contributed by atoms with Crippen molar-refractivity contribution in [2.45, 2.75) is 19.4 Å². The molecule has 0 aromatic carbocycles. The Hall–Kier alpha value is -1.13. The number of carbonyl (C=O) groups excluding carboxylic acids is 1. The number of hydrogen-bond acceptors (Lipinski definition) is 4. The fourth-order valence-electron chi connectivity index (χ4n) is 2.01. The maximum absolute atomic E-state index is 11.3. The van der Waals surface area contributed by atoms with E-state index in [0.29, 0.717) is 5.02 Å².